The Kier molecular flexibility index (Phi) is 6.62. The third-order valence-corrected chi connectivity index (χ3v) is 4.71. The van der Waals surface area contributed by atoms with Crippen molar-refractivity contribution in [2.24, 2.45) is 0 Å². The fraction of sp³-hybridized carbons (Fsp3) is 0.400. The lowest BCUT2D eigenvalue weighted by Crippen LogP contribution is -2.31. The molecule has 1 aromatic heterocycles. The first kappa shape index (κ1) is 22.3. The van der Waals surface area contributed by atoms with Gasteiger partial charge in [0.2, 0.25) is 17.8 Å². The molecular formula is C20H23F3N6O2. The smallest absolute Gasteiger partial charge is 0.368 e. The Morgan fingerprint density at radius 1 is 1.32 bits per heavy atom. The van der Waals surface area contributed by atoms with Gasteiger partial charge in [-0.1, -0.05) is 6.92 Å². The molecule has 0 atom stereocenters. The molecule has 3 rings (SSSR count). The zero-order chi connectivity index (χ0) is 22.6. The SMILES string of the molecule is CCCC(=O)N(C)CCNc1nc(Nc2ccc3c(c2)CC(=O)N3)ncc1C(F)(F)F. The zero-order valence-corrected chi connectivity index (χ0v) is 17.1. The Bertz CT molecular complexity index is 980. The molecule has 0 fully saturated rings. The van der Waals surface area contributed by atoms with Crippen molar-refractivity contribution in [1.82, 2.24) is 14.9 Å². The van der Waals surface area contributed by atoms with Gasteiger partial charge in [0.15, 0.2) is 0 Å². The Hall–Kier alpha value is -3.37. The molecule has 1 aliphatic rings. The van der Waals surface area contributed by atoms with E-state index in [2.05, 4.69) is 25.9 Å². The molecule has 0 aliphatic carbocycles. The molecule has 11 heteroatoms. The lowest BCUT2D eigenvalue weighted by molar-refractivity contribution is -0.137. The number of alkyl halides is 3. The fourth-order valence-electron chi connectivity index (χ4n) is 3.09. The van der Waals surface area contributed by atoms with Gasteiger partial charge in [-0.25, -0.2) is 4.98 Å². The van der Waals surface area contributed by atoms with Crippen LogP contribution in [0.1, 0.15) is 30.9 Å². The monoisotopic (exact) mass is 436 g/mol. The first-order valence-corrected chi connectivity index (χ1v) is 9.79. The number of aromatic nitrogens is 2. The quantitative estimate of drug-likeness (QED) is 0.587. The lowest BCUT2D eigenvalue weighted by Gasteiger charge is -2.19. The maximum atomic E-state index is 13.4. The number of halogens is 3. The molecule has 8 nitrogen and oxygen atoms in total. The number of benzene rings is 1. The Balaban J connectivity index is 1.74. The summed E-state index contributed by atoms with van der Waals surface area (Å²) in [5.74, 6) is -0.593. The minimum atomic E-state index is -4.63. The number of anilines is 4. The van der Waals surface area contributed by atoms with Crippen LogP contribution in [0.25, 0.3) is 0 Å². The van der Waals surface area contributed by atoms with E-state index < -0.39 is 11.7 Å². The molecule has 0 saturated heterocycles. The van der Waals surface area contributed by atoms with Crippen LogP contribution in [0.2, 0.25) is 0 Å². The molecule has 0 saturated carbocycles. The van der Waals surface area contributed by atoms with Crippen LogP contribution in [0.4, 0.5) is 36.3 Å². The van der Waals surface area contributed by atoms with E-state index in [1.54, 1.807) is 25.2 Å². The van der Waals surface area contributed by atoms with Gasteiger partial charge in [-0.15, -0.1) is 0 Å². The summed E-state index contributed by atoms with van der Waals surface area (Å²) in [6, 6.07) is 5.09. The van der Waals surface area contributed by atoms with Crippen molar-refractivity contribution in [1.29, 1.82) is 0 Å². The number of amides is 2. The Labute approximate surface area is 177 Å². The van der Waals surface area contributed by atoms with Crippen LogP contribution in [0.5, 0.6) is 0 Å². The number of carbonyl (C=O) groups is 2. The van der Waals surface area contributed by atoms with Crippen molar-refractivity contribution in [3.8, 4) is 0 Å². The van der Waals surface area contributed by atoms with Gasteiger partial charge >= 0.3 is 6.18 Å². The third kappa shape index (κ3) is 5.62. The van der Waals surface area contributed by atoms with Crippen LogP contribution in [-0.4, -0.2) is 46.8 Å². The molecular weight excluding hydrogens is 413 g/mol. The van der Waals surface area contributed by atoms with Crippen molar-refractivity contribution >= 4 is 35.0 Å². The predicted molar refractivity (Wildman–Crippen MR) is 110 cm³/mol. The zero-order valence-electron chi connectivity index (χ0n) is 17.1. The number of fused-ring (bicyclic) bond motifs is 1. The van der Waals surface area contributed by atoms with E-state index >= 15 is 0 Å². The highest BCUT2D eigenvalue weighted by molar-refractivity contribution is 5.99. The van der Waals surface area contributed by atoms with Gasteiger partial charge in [0.05, 0.1) is 6.42 Å². The van der Waals surface area contributed by atoms with E-state index in [0.29, 0.717) is 30.4 Å². The van der Waals surface area contributed by atoms with Crippen LogP contribution in [-0.2, 0) is 22.2 Å². The predicted octanol–water partition coefficient (Wildman–Crippen LogP) is 3.40. The Morgan fingerprint density at radius 3 is 2.81 bits per heavy atom. The minimum absolute atomic E-state index is 0.0249. The number of hydrogen-bond donors (Lipinski definition) is 3. The van der Waals surface area contributed by atoms with Crippen molar-refractivity contribution in [3.63, 3.8) is 0 Å². The molecule has 0 unspecified atom stereocenters. The molecule has 0 radical (unpaired) electrons. The number of hydrogen-bond acceptors (Lipinski definition) is 6. The highest BCUT2D eigenvalue weighted by Gasteiger charge is 2.35. The first-order valence-electron chi connectivity index (χ1n) is 9.79. The molecule has 1 aromatic carbocycles. The van der Waals surface area contributed by atoms with Crippen molar-refractivity contribution in [3.05, 3.63) is 35.5 Å². The lowest BCUT2D eigenvalue weighted by atomic mass is 10.1. The summed E-state index contributed by atoms with van der Waals surface area (Å²) in [5, 5.41) is 8.24. The summed E-state index contributed by atoms with van der Waals surface area (Å²) in [4.78, 5) is 32.5. The molecule has 3 N–H and O–H groups in total. The number of nitrogens with one attached hydrogen (secondary N) is 3. The van der Waals surface area contributed by atoms with E-state index in [9.17, 15) is 22.8 Å². The van der Waals surface area contributed by atoms with E-state index in [-0.39, 0.29) is 43.1 Å². The number of likely N-dealkylation sites (N-methyl/N-ethyl adjacent to an activating group) is 1. The standard InChI is InChI=1S/C20H23F3N6O2/c1-3-4-17(31)29(2)8-7-24-18-14(20(21,22)23)11-25-19(28-18)26-13-5-6-15-12(9-13)10-16(30)27-15/h5-6,9,11H,3-4,7-8,10H2,1-2H3,(H,27,30)(H2,24,25,26,28). The highest BCUT2D eigenvalue weighted by Crippen LogP contribution is 2.34. The van der Waals surface area contributed by atoms with Gasteiger partial charge in [-0.3, -0.25) is 9.59 Å². The largest absolute Gasteiger partial charge is 0.421 e. The molecule has 0 bridgehead atoms. The summed E-state index contributed by atoms with van der Waals surface area (Å²) in [5.41, 5.74) is 1.03. The topological polar surface area (TPSA) is 99.3 Å². The molecule has 0 spiro atoms. The van der Waals surface area contributed by atoms with Crippen LogP contribution < -0.4 is 16.0 Å². The second kappa shape index (κ2) is 9.19. The second-order valence-corrected chi connectivity index (χ2v) is 7.17. The molecule has 2 amide bonds. The highest BCUT2D eigenvalue weighted by atomic mass is 19.4. The van der Waals surface area contributed by atoms with Gasteiger partial charge < -0.3 is 20.9 Å². The summed E-state index contributed by atoms with van der Waals surface area (Å²) in [6.45, 7) is 2.21. The van der Waals surface area contributed by atoms with Crippen LogP contribution in [0, 0.1) is 0 Å². The van der Waals surface area contributed by atoms with Crippen molar-refractivity contribution in [2.75, 3.05) is 36.1 Å². The average Bonchev–Trinajstić information content (AvgIpc) is 3.06. The average molecular weight is 436 g/mol. The molecule has 2 heterocycles. The number of nitrogens with zero attached hydrogens (tertiary/aromatic N) is 3. The van der Waals surface area contributed by atoms with Crippen LogP contribution >= 0.6 is 0 Å². The van der Waals surface area contributed by atoms with Crippen LogP contribution in [0.15, 0.2) is 24.4 Å². The van der Waals surface area contributed by atoms with Crippen molar-refractivity contribution < 1.29 is 22.8 Å². The summed E-state index contributed by atoms with van der Waals surface area (Å²) < 4.78 is 40.1. The molecule has 2 aromatic rings. The van der Waals surface area contributed by atoms with Gasteiger partial charge in [0, 0.05) is 44.1 Å². The first-order chi connectivity index (χ1) is 14.7. The molecule has 166 valence electrons. The maximum absolute atomic E-state index is 13.4. The van der Waals surface area contributed by atoms with Crippen molar-refractivity contribution in [2.45, 2.75) is 32.4 Å². The summed E-state index contributed by atoms with van der Waals surface area (Å²) >= 11 is 0. The van der Waals surface area contributed by atoms with E-state index in [1.807, 2.05) is 6.92 Å². The fourth-order valence-corrected chi connectivity index (χ4v) is 3.09. The van der Waals surface area contributed by atoms with Gasteiger partial charge in [0.1, 0.15) is 11.4 Å². The van der Waals surface area contributed by atoms with E-state index in [4.69, 9.17) is 0 Å². The van der Waals surface area contributed by atoms with E-state index in [1.165, 1.54) is 4.90 Å². The maximum Gasteiger partial charge on any atom is 0.421 e. The number of rotatable bonds is 8. The minimum Gasteiger partial charge on any atom is -0.368 e. The summed E-state index contributed by atoms with van der Waals surface area (Å²) in [7, 11) is 1.60. The normalized spacial score (nSPS) is 12.9. The summed E-state index contributed by atoms with van der Waals surface area (Å²) in [6.07, 6.45) is -2.61. The third-order valence-electron chi connectivity index (χ3n) is 4.71. The number of carbonyl (C=O) groups excluding carboxylic acids is 2. The van der Waals surface area contributed by atoms with E-state index in [0.717, 1.165) is 5.56 Å². The van der Waals surface area contributed by atoms with Gasteiger partial charge in [0.25, 0.3) is 0 Å². The van der Waals surface area contributed by atoms with Gasteiger partial charge in [-0.05, 0) is 30.2 Å². The van der Waals surface area contributed by atoms with Gasteiger partial charge in [-0.2, -0.15) is 18.2 Å². The second-order valence-electron chi connectivity index (χ2n) is 7.17. The molecule has 31 heavy (non-hydrogen) atoms. The Morgan fingerprint density at radius 2 is 2.10 bits per heavy atom. The molecule has 1 aliphatic heterocycles. The van der Waals surface area contributed by atoms with Crippen LogP contribution in [0.3, 0.4) is 0 Å².